The van der Waals surface area contributed by atoms with Gasteiger partial charge in [-0.15, -0.1) is 0 Å². The first-order chi connectivity index (χ1) is 11.1. The summed E-state index contributed by atoms with van der Waals surface area (Å²) >= 11 is 0. The number of aliphatic hydroxyl groups is 1. The number of aryl methyl sites for hydroxylation is 1. The Bertz CT molecular complexity index is 549. The molecule has 1 aromatic heterocycles. The average Bonchev–Trinajstić information content (AvgIpc) is 2.80. The van der Waals surface area contributed by atoms with Gasteiger partial charge in [0.2, 0.25) is 5.91 Å². The molecule has 6 nitrogen and oxygen atoms in total. The van der Waals surface area contributed by atoms with Gasteiger partial charge in [0.15, 0.2) is 0 Å². The molecule has 2 heterocycles. The number of carbonyl (C=O) groups excluding carboxylic acids is 1. The lowest BCUT2D eigenvalue weighted by atomic mass is 9.74. The van der Waals surface area contributed by atoms with E-state index in [0.29, 0.717) is 25.4 Å². The van der Waals surface area contributed by atoms with Crippen LogP contribution < -0.4 is 5.32 Å². The van der Waals surface area contributed by atoms with Crippen molar-refractivity contribution in [3.05, 3.63) is 18.2 Å². The Balaban J connectivity index is 2.03. The quantitative estimate of drug-likeness (QED) is 0.829. The standard InChI is InChI=1S/C18H32N4O2/c1-17(2)9-14(10-18(3,4)20-17)8-16(24)22(6-7-23)12-15-11-19-13-21(15)5/h11,13-14,20,23H,6-10,12H2,1-5H3. The maximum Gasteiger partial charge on any atom is 0.223 e. The second-order valence-corrected chi connectivity index (χ2v) is 8.41. The molecule has 0 aromatic carbocycles. The monoisotopic (exact) mass is 336 g/mol. The lowest BCUT2D eigenvalue weighted by Crippen LogP contribution is -2.58. The van der Waals surface area contributed by atoms with Crippen LogP contribution in [0, 0.1) is 5.92 Å². The first kappa shape index (κ1) is 18.9. The summed E-state index contributed by atoms with van der Waals surface area (Å²) in [7, 11) is 1.92. The fourth-order valence-corrected chi connectivity index (χ4v) is 4.20. The van der Waals surface area contributed by atoms with E-state index in [9.17, 15) is 9.90 Å². The minimum absolute atomic E-state index is 0.0210. The number of nitrogens with one attached hydrogen (secondary N) is 1. The van der Waals surface area contributed by atoms with Gasteiger partial charge in [0.05, 0.1) is 25.2 Å². The van der Waals surface area contributed by atoms with Crippen molar-refractivity contribution in [2.75, 3.05) is 13.2 Å². The van der Waals surface area contributed by atoms with Crippen molar-refractivity contribution in [1.82, 2.24) is 19.8 Å². The van der Waals surface area contributed by atoms with E-state index in [4.69, 9.17) is 0 Å². The summed E-state index contributed by atoms with van der Waals surface area (Å²) in [5.74, 6) is 0.472. The predicted molar refractivity (Wildman–Crippen MR) is 94.3 cm³/mol. The van der Waals surface area contributed by atoms with Crippen LogP contribution >= 0.6 is 0 Å². The summed E-state index contributed by atoms with van der Waals surface area (Å²) in [6.07, 6.45) is 6.01. The number of aromatic nitrogens is 2. The predicted octanol–water partition coefficient (Wildman–Crippen LogP) is 1.69. The van der Waals surface area contributed by atoms with Crippen LogP contribution in [0.4, 0.5) is 0 Å². The minimum atomic E-state index is -0.0210. The molecule has 0 unspecified atom stereocenters. The van der Waals surface area contributed by atoms with Gasteiger partial charge < -0.3 is 19.9 Å². The number of aliphatic hydroxyl groups excluding tert-OH is 1. The summed E-state index contributed by atoms with van der Waals surface area (Å²) < 4.78 is 1.91. The second kappa shape index (κ2) is 7.23. The number of imidazole rings is 1. The highest BCUT2D eigenvalue weighted by Crippen LogP contribution is 2.35. The maximum atomic E-state index is 12.8. The van der Waals surface area contributed by atoms with Gasteiger partial charge >= 0.3 is 0 Å². The number of nitrogens with zero attached hydrogens (tertiary/aromatic N) is 3. The van der Waals surface area contributed by atoms with E-state index < -0.39 is 0 Å². The molecule has 2 N–H and O–H groups in total. The van der Waals surface area contributed by atoms with Crippen LogP contribution in [0.1, 0.15) is 52.7 Å². The summed E-state index contributed by atoms with van der Waals surface area (Å²) in [6.45, 7) is 9.64. The van der Waals surface area contributed by atoms with Crippen molar-refractivity contribution >= 4 is 5.91 Å². The normalized spacial score (nSPS) is 20.1. The molecule has 2 rings (SSSR count). The van der Waals surface area contributed by atoms with E-state index in [0.717, 1.165) is 18.5 Å². The fourth-order valence-electron chi connectivity index (χ4n) is 4.20. The number of rotatable bonds is 6. The SMILES string of the molecule is Cn1cncc1CN(CCO)C(=O)CC1CC(C)(C)NC(C)(C)C1. The number of amides is 1. The van der Waals surface area contributed by atoms with E-state index in [-0.39, 0.29) is 23.6 Å². The third-order valence-corrected chi connectivity index (χ3v) is 4.73. The van der Waals surface area contributed by atoms with Crippen LogP contribution in [0.3, 0.4) is 0 Å². The smallest absolute Gasteiger partial charge is 0.223 e. The molecule has 0 spiro atoms. The largest absolute Gasteiger partial charge is 0.395 e. The highest BCUT2D eigenvalue weighted by molar-refractivity contribution is 5.76. The molecule has 6 heteroatoms. The number of piperidine rings is 1. The van der Waals surface area contributed by atoms with E-state index in [1.165, 1.54) is 0 Å². The Hall–Kier alpha value is -1.40. The van der Waals surface area contributed by atoms with Crippen molar-refractivity contribution in [2.45, 2.75) is 64.6 Å². The first-order valence-electron chi connectivity index (χ1n) is 8.75. The third kappa shape index (κ3) is 5.05. The van der Waals surface area contributed by atoms with Gasteiger partial charge in [-0.2, -0.15) is 0 Å². The lowest BCUT2D eigenvalue weighted by molar-refractivity contribution is -0.134. The topological polar surface area (TPSA) is 70.4 Å². The molecule has 0 bridgehead atoms. The third-order valence-electron chi connectivity index (χ3n) is 4.73. The van der Waals surface area contributed by atoms with E-state index in [1.54, 1.807) is 17.4 Å². The minimum Gasteiger partial charge on any atom is -0.395 e. The van der Waals surface area contributed by atoms with Gasteiger partial charge in [0.1, 0.15) is 0 Å². The van der Waals surface area contributed by atoms with Crippen LogP contribution in [0.25, 0.3) is 0 Å². The van der Waals surface area contributed by atoms with Crippen LogP contribution in [-0.2, 0) is 18.4 Å². The van der Waals surface area contributed by atoms with Crippen LogP contribution in [0.5, 0.6) is 0 Å². The van der Waals surface area contributed by atoms with Crippen LogP contribution in [0.15, 0.2) is 12.5 Å². The highest BCUT2D eigenvalue weighted by Gasteiger charge is 2.38. The number of hydrogen-bond acceptors (Lipinski definition) is 4. The molecule has 0 aliphatic carbocycles. The van der Waals surface area contributed by atoms with Gasteiger partial charge in [0, 0.05) is 37.3 Å². The zero-order valence-electron chi connectivity index (χ0n) is 15.7. The summed E-state index contributed by atoms with van der Waals surface area (Å²) in [4.78, 5) is 18.7. The zero-order chi connectivity index (χ0) is 18.0. The Morgan fingerprint density at radius 1 is 1.38 bits per heavy atom. The van der Waals surface area contributed by atoms with Crippen molar-refractivity contribution in [2.24, 2.45) is 13.0 Å². The molecule has 1 amide bonds. The molecular weight excluding hydrogens is 304 g/mol. The molecule has 1 fully saturated rings. The molecule has 1 aliphatic rings. The first-order valence-corrected chi connectivity index (χ1v) is 8.75. The van der Waals surface area contributed by atoms with Gasteiger partial charge in [0.25, 0.3) is 0 Å². The van der Waals surface area contributed by atoms with Crippen molar-refractivity contribution < 1.29 is 9.90 Å². The average molecular weight is 336 g/mol. The lowest BCUT2D eigenvalue weighted by Gasteiger charge is -2.46. The maximum absolute atomic E-state index is 12.8. The van der Waals surface area contributed by atoms with Crippen molar-refractivity contribution in [3.63, 3.8) is 0 Å². The summed E-state index contributed by atoms with van der Waals surface area (Å²) in [5, 5.41) is 13.0. The Morgan fingerprint density at radius 2 is 2.00 bits per heavy atom. The van der Waals surface area contributed by atoms with Crippen molar-refractivity contribution in [1.29, 1.82) is 0 Å². The molecular formula is C18H32N4O2. The molecule has 1 saturated heterocycles. The summed E-state index contributed by atoms with van der Waals surface area (Å²) in [5.41, 5.74) is 1.05. The Kier molecular flexibility index (Phi) is 5.71. The molecule has 0 atom stereocenters. The van der Waals surface area contributed by atoms with Gasteiger partial charge in [-0.3, -0.25) is 4.79 Å². The molecule has 24 heavy (non-hydrogen) atoms. The molecule has 136 valence electrons. The fraction of sp³-hybridized carbons (Fsp3) is 0.778. The number of hydrogen-bond donors (Lipinski definition) is 2. The van der Waals surface area contributed by atoms with Gasteiger partial charge in [-0.05, 0) is 46.5 Å². The Morgan fingerprint density at radius 3 is 2.50 bits per heavy atom. The van der Waals surface area contributed by atoms with Crippen LogP contribution in [-0.4, -0.2) is 49.7 Å². The Labute approximate surface area is 145 Å². The van der Waals surface area contributed by atoms with Gasteiger partial charge in [-0.25, -0.2) is 4.98 Å². The van der Waals surface area contributed by atoms with E-state index in [1.807, 2.05) is 11.6 Å². The molecule has 1 aromatic rings. The van der Waals surface area contributed by atoms with E-state index >= 15 is 0 Å². The molecule has 1 aliphatic heterocycles. The summed E-state index contributed by atoms with van der Waals surface area (Å²) in [6, 6.07) is 0. The zero-order valence-corrected chi connectivity index (χ0v) is 15.7. The highest BCUT2D eigenvalue weighted by atomic mass is 16.3. The van der Waals surface area contributed by atoms with Gasteiger partial charge in [-0.1, -0.05) is 0 Å². The molecule has 0 saturated carbocycles. The van der Waals surface area contributed by atoms with Crippen molar-refractivity contribution in [3.8, 4) is 0 Å². The number of carbonyl (C=O) groups is 1. The molecule has 0 radical (unpaired) electrons. The second-order valence-electron chi connectivity index (χ2n) is 8.41. The van der Waals surface area contributed by atoms with Crippen LogP contribution in [0.2, 0.25) is 0 Å². The van der Waals surface area contributed by atoms with E-state index in [2.05, 4.69) is 38.0 Å².